The average Bonchev–Trinajstić information content (AvgIpc) is 3.32. The number of aliphatic carboxylic acids is 3. The largest absolute Gasteiger partial charge is 2.00 e. The molecule has 0 amide bonds. The minimum absolute atomic E-state index is 0. The summed E-state index contributed by atoms with van der Waals surface area (Å²) >= 11 is 0. The number of rotatable bonds is 37. The summed E-state index contributed by atoms with van der Waals surface area (Å²) in [7, 11) is 0. The molecule has 14 heteroatoms. The Morgan fingerprint density at radius 2 is 0.887 bits per heavy atom. The van der Waals surface area contributed by atoms with Crippen LogP contribution in [0.2, 0.25) is 0 Å². The number of carbonyl (C=O) groups is 3. The number of allylic oxidation sites excluding steroid dienone is 16. The molecule has 0 rings (SSSR count). The van der Waals surface area contributed by atoms with Gasteiger partial charge in [-0.1, -0.05) is 198 Å². The minimum atomic E-state index is -1.27. The number of carboxylic acids is 3. The smallest absolute Gasteiger partial charge is 0.670 e. The van der Waals surface area contributed by atoms with Crippen molar-refractivity contribution in [2.45, 2.75) is 167 Å². The average molecular weight is 1000 g/mol. The van der Waals surface area contributed by atoms with E-state index in [0.717, 1.165) is 64.5 Å². The number of quaternary nitrogens is 2. The summed E-state index contributed by atoms with van der Waals surface area (Å²) in [6.07, 6.45) is 57.0. The van der Waals surface area contributed by atoms with Crippen LogP contribution in [0.3, 0.4) is 0 Å². The van der Waals surface area contributed by atoms with E-state index in [9.17, 15) is 45.0 Å². The molecule has 0 aromatic carbocycles. The molecule has 12 N–H and O–H groups in total. The van der Waals surface area contributed by atoms with Gasteiger partial charge in [0.2, 0.25) is 0 Å². The first-order valence-electron chi connectivity index (χ1n) is 25.0. The quantitative estimate of drug-likeness (QED) is 0.0114. The van der Waals surface area contributed by atoms with E-state index in [4.69, 9.17) is 10.8 Å². The predicted molar refractivity (Wildman–Crippen MR) is 290 cm³/mol. The van der Waals surface area contributed by atoms with E-state index in [1.54, 1.807) is 42.5 Å². The number of aliphatic hydroxyl groups is 4. The molecule has 0 aliphatic carbocycles. The van der Waals surface area contributed by atoms with E-state index in [0.29, 0.717) is 51.4 Å². The zero-order chi connectivity index (χ0) is 53.3. The van der Waals surface area contributed by atoms with Gasteiger partial charge in [0.25, 0.3) is 5.97 Å². The first-order chi connectivity index (χ1) is 33.6. The Morgan fingerprint density at radius 3 is 1.21 bits per heavy atom. The van der Waals surface area contributed by atoms with E-state index >= 15 is 0 Å². The molecule has 6 atom stereocenters. The Bertz CT molecular complexity index is 1570. The number of hydrogen-bond acceptors (Lipinski definition) is 9. The second-order valence-corrected chi connectivity index (χ2v) is 15.9. The van der Waals surface area contributed by atoms with Gasteiger partial charge in [-0.25, -0.2) is 0 Å². The van der Waals surface area contributed by atoms with Gasteiger partial charge in [0.1, 0.15) is 0 Å². The number of unbranched alkanes of at least 4 members (excludes halogenated alkanes) is 3. The van der Waals surface area contributed by atoms with Gasteiger partial charge >= 0.3 is 23.1 Å². The van der Waals surface area contributed by atoms with Crippen LogP contribution < -0.4 is 21.7 Å². The fraction of sp³-hybridized carbons (Fsp3) is 0.509. The van der Waals surface area contributed by atoms with Crippen LogP contribution in [0.25, 0.3) is 5.73 Å². The van der Waals surface area contributed by atoms with E-state index < -0.39 is 54.3 Å². The molecule has 0 fully saturated rings. The molecule has 0 aromatic rings. The third kappa shape index (κ3) is 70.1. The molecule has 0 aliphatic rings. The van der Waals surface area contributed by atoms with Crippen molar-refractivity contribution in [3.63, 3.8) is 0 Å². The van der Waals surface area contributed by atoms with E-state index in [1.807, 2.05) is 85.1 Å². The van der Waals surface area contributed by atoms with Crippen LogP contribution in [-0.4, -0.2) is 110 Å². The van der Waals surface area contributed by atoms with Crippen molar-refractivity contribution in [3.05, 3.63) is 158 Å². The van der Waals surface area contributed by atoms with Crippen molar-refractivity contribution < 1.29 is 61.6 Å². The molecule has 0 spiro atoms. The third-order valence-corrected chi connectivity index (χ3v) is 9.18. The molecule has 0 bridgehead atoms. The fourth-order valence-electron chi connectivity index (χ4n) is 5.10. The molecule has 0 aliphatic heterocycles. The third-order valence-electron chi connectivity index (χ3n) is 9.18. The molecule has 0 saturated carbocycles. The van der Waals surface area contributed by atoms with Gasteiger partial charge in [-0.2, -0.15) is 0 Å². The molecule has 0 radical (unpaired) electrons. The Labute approximate surface area is 444 Å². The Hall–Kier alpha value is -4.22. The fourth-order valence-corrected chi connectivity index (χ4v) is 5.10. The molecule has 0 aromatic heterocycles. The van der Waals surface area contributed by atoms with Crippen molar-refractivity contribution in [3.8, 4) is 0 Å². The summed E-state index contributed by atoms with van der Waals surface area (Å²) in [6.45, 7) is 11.5. The van der Waals surface area contributed by atoms with Crippen LogP contribution in [0.4, 0.5) is 0 Å². The molecule has 0 unspecified atom stereocenters. The Morgan fingerprint density at radius 1 is 0.535 bits per heavy atom. The zero-order valence-corrected chi connectivity index (χ0v) is 45.0. The van der Waals surface area contributed by atoms with Gasteiger partial charge in [0.15, 0.2) is 0 Å². The number of carbonyl (C=O) groups excluding carboxylic acids is 2. The molecular formula is C57H93MgN3O10. The molecular weight excluding hydrogens is 911 g/mol. The van der Waals surface area contributed by atoms with Gasteiger partial charge < -0.3 is 69.5 Å². The molecule has 0 heterocycles. The number of hydrogen-bond donors (Lipinski definition) is 7. The van der Waals surface area contributed by atoms with Crippen LogP contribution >= 0.6 is 0 Å². The Kier molecular flexibility index (Phi) is 66.0. The van der Waals surface area contributed by atoms with E-state index in [-0.39, 0.29) is 29.5 Å². The summed E-state index contributed by atoms with van der Waals surface area (Å²) in [5.74, 6) is -3.55. The van der Waals surface area contributed by atoms with Crippen LogP contribution in [0, 0.1) is 12.8 Å². The van der Waals surface area contributed by atoms with E-state index in [1.165, 1.54) is 6.42 Å². The van der Waals surface area contributed by atoms with Crippen molar-refractivity contribution >= 4 is 41.0 Å². The van der Waals surface area contributed by atoms with Crippen LogP contribution in [0.5, 0.6) is 0 Å². The Balaban J connectivity index is -0.000000295. The summed E-state index contributed by atoms with van der Waals surface area (Å²) < 4.78 is 0. The number of aliphatic hydroxyl groups excluding tert-OH is 4. The van der Waals surface area contributed by atoms with Gasteiger partial charge in [-0.05, 0) is 96.3 Å². The standard InChI is InChI=1S/C22H32O4.C22H34O2.C7H14NO2.C6H13N2O2.Mg/c1-2-3-10-15-20(23)17-12-8-9-13-18-21(24)16-11-6-4-5-7-14-19-22(25)26;1-3-5-7-8-9-10-14-18-22(24)20-16-12-11-15-19-21(23)17-13-6-4-2;1-6(7(9)10)4-2-3-5-8;7-4-2-1-3-5(8)6(9)10;/h3,5-13,17-18,20-21,23-24H,2,4,14-16,19H2,1H3,(H,25,26);6-8,10-16,19-24H,3-5,9,17-18H2,1-2H3;6H,1-5,8H2,(H,9,10);5,8H,1-4,7H2,(H,9,10);/q;;2*-1;+2/b7-5-,9-8-,10-3-,11-6-,17-12+,18-13+;8-7-,12-11-,13-6-,14-10-,19-15+,20-16+;;;/t20-,21-;21-,22-;6-;5-;/m0000./s1. The maximum absolute atomic E-state index is 10.2. The maximum atomic E-state index is 10.2. The van der Waals surface area contributed by atoms with Crippen molar-refractivity contribution in [1.82, 2.24) is 0 Å². The van der Waals surface area contributed by atoms with Crippen molar-refractivity contribution in [2.75, 3.05) is 13.1 Å². The van der Waals surface area contributed by atoms with Crippen molar-refractivity contribution in [1.29, 1.82) is 0 Å². The van der Waals surface area contributed by atoms with E-state index in [2.05, 4.69) is 57.4 Å². The maximum Gasteiger partial charge on any atom is 2.00 e. The van der Waals surface area contributed by atoms with Gasteiger partial charge in [-0.15, -0.1) is 0 Å². The second kappa shape index (κ2) is 61.9. The molecule has 398 valence electrons. The number of carboxylic acid groups (broad SMARTS) is 3. The zero-order valence-electron chi connectivity index (χ0n) is 43.6. The van der Waals surface area contributed by atoms with Crippen LogP contribution in [0.1, 0.15) is 136 Å². The SMILES string of the molecule is CC/C=C\C[C@H](O)/C=C/C=C\C=C\[C@@H](O)C/C=C\C/C=C\CCC.CC/C=C\C[C@H](O)/C=C/C=C\C=C\[C@@H](O)C/C=C\C/C=C\CCC(=O)[O-].[CH2-][C@@H](CCCC[NH3+])C(=O)O.[Mg+2].[NH-][C@@H](CCCC[NH3+])C(=O)[O-]. The molecule has 71 heavy (non-hydrogen) atoms. The van der Waals surface area contributed by atoms with Gasteiger partial charge in [0, 0.05) is 11.9 Å². The second-order valence-electron chi connectivity index (χ2n) is 15.9. The minimum Gasteiger partial charge on any atom is -0.670 e. The first kappa shape index (κ1) is 75.7. The monoisotopic (exact) mass is 1000 g/mol. The predicted octanol–water partition coefficient (Wildman–Crippen LogP) is 6.70. The first-order valence-corrected chi connectivity index (χ1v) is 25.0. The van der Waals surface area contributed by atoms with Gasteiger partial charge in [-0.3, -0.25) is 4.79 Å². The summed E-state index contributed by atoms with van der Waals surface area (Å²) in [5.41, 5.74) is 14.2. The van der Waals surface area contributed by atoms with Crippen LogP contribution in [0.15, 0.2) is 146 Å². The van der Waals surface area contributed by atoms with Crippen LogP contribution in [-0.2, 0) is 14.4 Å². The molecule has 0 saturated heterocycles. The molecule has 13 nitrogen and oxygen atoms in total. The summed E-state index contributed by atoms with van der Waals surface area (Å²) in [6, 6.07) is -1.05. The number of nitrogens with one attached hydrogen (secondary N) is 1. The summed E-state index contributed by atoms with van der Waals surface area (Å²) in [4.78, 5) is 30.4. The van der Waals surface area contributed by atoms with Gasteiger partial charge in [0.05, 0.1) is 37.5 Å². The topological polar surface area (TPSA) is 278 Å². The normalized spacial score (nSPS) is 14.7. The summed E-state index contributed by atoms with van der Waals surface area (Å²) in [5, 5.41) is 67.5. The van der Waals surface area contributed by atoms with Crippen molar-refractivity contribution in [2.24, 2.45) is 5.92 Å².